The monoisotopic (exact) mass is 320 g/mol. The third-order valence-electron chi connectivity index (χ3n) is 3.83. The highest BCUT2D eigenvalue weighted by Gasteiger charge is 2.40. The highest BCUT2D eigenvalue weighted by molar-refractivity contribution is 7.89. The van der Waals surface area contributed by atoms with Gasteiger partial charge in [-0.05, 0) is 29.3 Å². The molecule has 2 atom stereocenters. The molecule has 1 N–H and O–H groups in total. The molecule has 7 heteroatoms. The van der Waals surface area contributed by atoms with Gasteiger partial charge in [-0.1, -0.05) is 30.3 Å². The van der Waals surface area contributed by atoms with E-state index < -0.39 is 28.1 Å². The topological polar surface area (TPSA) is 97.7 Å². The van der Waals surface area contributed by atoms with Gasteiger partial charge in [0, 0.05) is 6.54 Å². The highest BCUT2D eigenvalue weighted by atomic mass is 32.2. The molecule has 1 fully saturated rings. The Morgan fingerprint density at radius 2 is 1.86 bits per heavy atom. The summed E-state index contributed by atoms with van der Waals surface area (Å²) in [5.74, 6) is -1.50. The number of carbonyl (C=O) groups is 1. The summed E-state index contributed by atoms with van der Waals surface area (Å²) in [6, 6.07) is 10.5. The first-order chi connectivity index (χ1) is 10.4. The fraction of sp³-hybridized carbons (Fsp3) is 0.267. The second-order valence-electron chi connectivity index (χ2n) is 5.31. The summed E-state index contributed by atoms with van der Waals surface area (Å²) in [6.07, 6.45) is -1.16. The maximum atomic E-state index is 12.7. The average molecular weight is 320 g/mol. The number of benzene rings is 2. The Morgan fingerprint density at radius 1 is 1.18 bits per heavy atom. The predicted molar refractivity (Wildman–Crippen MR) is 77.3 cm³/mol. The molecule has 0 radical (unpaired) electrons. The molecule has 0 unspecified atom stereocenters. The fourth-order valence-corrected chi connectivity index (χ4v) is 4.39. The number of carbonyl (C=O) groups excluding carboxylic acids is 1. The summed E-state index contributed by atoms with van der Waals surface area (Å²) in [4.78, 5) is 11.1. The molecule has 3 rings (SSSR count). The van der Waals surface area contributed by atoms with E-state index in [9.17, 15) is 23.4 Å². The molecule has 0 saturated carbocycles. The minimum atomic E-state index is -4.00. The van der Waals surface area contributed by atoms with Crippen LogP contribution in [-0.4, -0.2) is 42.5 Å². The average Bonchev–Trinajstić information content (AvgIpc) is 2.90. The summed E-state index contributed by atoms with van der Waals surface area (Å²) >= 11 is 0. The van der Waals surface area contributed by atoms with Crippen LogP contribution >= 0.6 is 0 Å². The Bertz CT molecular complexity index is 833. The van der Waals surface area contributed by atoms with Crippen molar-refractivity contribution in [3.8, 4) is 0 Å². The number of sulfonamides is 1. The van der Waals surface area contributed by atoms with Crippen molar-refractivity contribution in [1.82, 2.24) is 4.31 Å². The van der Waals surface area contributed by atoms with E-state index in [1.807, 2.05) is 12.1 Å². The van der Waals surface area contributed by atoms with Crippen molar-refractivity contribution in [2.24, 2.45) is 0 Å². The van der Waals surface area contributed by atoms with Crippen molar-refractivity contribution in [2.75, 3.05) is 6.54 Å². The maximum Gasteiger partial charge on any atom is 0.243 e. The first kappa shape index (κ1) is 15.0. The van der Waals surface area contributed by atoms with E-state index in [4.69, 9.17) is 0 Å². The number of β-amino-alcohol motifs (C(OH)–C–C–N with tert-alkyl or cyclic N) is 1. The van der Waals surface area contributed by atoms with Gasteiger partial charge in [-0.15, -0.1) is 0 Å². The van der Waals surface area contributed by atoms with E-state index in [-0.39, 0.29) is 17.9 Å². The Morgan fingerprint density at radius 3 is 2.55 bits per heavy atom. The third-order valence-corrected chi connectivity index (χ3v) is 5.70. The Kier molecular flexibility index (Phi) is 3.64. The molecule has 0 amide bonds. The number of nitrogens with zero attached hydrogens (tertiary/aromatic N) is 1. The van der Waals surface area contributed by atoms with Crippen LogP contribution in [0.25, 0.3) is 10.8 Å². The van der Waals surface area contributed by atoms with Crippen molar-refractivity contribution in [2.45, 2.75) is 23.5 Å². The second kappa shape index (κ2) is 5.35. The van der Waals surface area contributed by atoms with Crippen LogP contribution in [0.3, 0.4) is 0 Å². The number of carboxylic acids is 1. The van der Waals surface area contributed by atoms with Crippen molar-refractivity contribution in [3.05, 3.63) is 42.5 Å². The summed E-state index contributed by atoms with van der Waals surface area (Å²) < 4.78 is 26.1. The lowest BCUT2D eigenvalue weighted by atomic mass is 10.1. The van der Waals surface area contributed by atoms with E-state index >= 15 is 0 Å². The molecule has 0 aliphatic carbocycles. The summed E-state index contributed by atoms with van der Waals surface area (Å²) in [5, 5.41) is 22.4. The maximum absolute atomic E-state index is 12.7. The molecule has 1 saturated heterocycles. The van der Waals surface area contributed by atoms with E-state index in [1.54, 1.807) is 18.2 Å². The molecule has 0 bridgehead atoms. The minimum Gasteiger partial charge on any atom is -0.548 e. The van der Waals surface area contributed by atoms with Gasteiger partial charge in [-0.2, -0.15) is 4.31 Å². The second-order valence-corrected chi connectivity index (χ2v) is 7.20. The SMILES string of the molecule is O=C([O-])[C@@H]1C[C@H](O)CN1S(=O)(=O)c1ccc2ccccc2c1. The molecule has 1 aliphatic rings. The standard InChI is InChI=1S/C15H15NO5S/c17-12-8-14(15(18)19)16(9-12)22(20,21)13-6-5-10-3-1-2-4-11(10)7-13/h1-7,12,14,17H,8-9H2,(H,18,19)/p-1/t12-,14-/m0/s1. The number of fused-ring (bicyclic) bond motifs is 1. The first-order valence-electron chi connectivity index (χ1n) is 6.79. The summed E-state index contributed by atoms with van der Waals surface area (Å²) in [7, 11) is -4.00. The lowest BCUT2D eigenvalue weighted by Gasteiger charge is -2.24. The van der Waals surface area contributed by atoms with Crippen LogP contribution in [-0.2, 0) is 14.8 Å². The van der Waals surface area contributed by atoms with Gasteiger partial charge < -0.3 is 15.0 Å². The third kappa shape index (κ3) is 2.47. The van der Waals surface area contributed by atoms with Gasteiger partial charge >= 0.3 is 0 Å². The van der Waals surface area contributed by atoms with Gasteiger partial charge in [0.1, 0.15) is 0 Å². The zero-order valence-electron chi connectivity index (χ0n) is 11.5. The normalized spacial score (nSPS) is 23.0. The van der Waals surface area contributed by atoms with E-state index in [0.717, 1.165) is 15.1 Å². The number of hydrogen-bond donors (Lipinski definition) is 1. The van der Waals surface area contributed by atoms with Crippen LogP contribution in [0.4, 0.5) is 0 Å². The van der Waals surface area contributed by atoms with Gasteiger partial charge in [-0.25, -0.2) is 8.42 Å². The molecule has 1 heterocycles. The summed E-state index contributed by atoms with van der Waals surface area (Å²) in [5.41, 5.74) is 0. The molecule has 0 aromatic heterocycles. The minimum absolute atomic E-state index is 0.00606. The zero-order chi connectivity index (χ0) is 15.9. The van der Waals surface area contributed by atoms with E-state index in [1.165, 1.54) is 12.1 Å². The largest absolute Gasteiger partial charge is 0.548 e. The Labute approximate surface area is 127 Å². The van der Waals surface area contributed by atoms with Gasteiger partial charge in [0.25, 0.3) is 0 Å². The van der Waals surface area contributed by atoms with Crippen LogP contribution in [0.15, 0.2) is 47.4 Å². The van der Waals surface area contributed by atoms with Crippen LogP contribution in [0, 0.1) is 0 Å². The molecular weight excluding hydrogens is 306 g/mol. The predicted octanol–water partition coefficient (Wildman–Crippen LogP) is -0.286. The van der Waals surface area contributed by atoms with Crippen molar-refractivity contribution < 1.29 is 23.4 Å². The van der Waals surface area contributed by atoms with Crippen LogP contribution < -0.4 is 5.11 Å². The summed E-state index contributed by atoms with van der Waals surface area (Å²) in [6.45, 7) is -0.242. The molecule has 6 nitrogen and oxygen atoms in total. The van der Waals surface area contributed by atoms with E-state index in [2.05, 4.69) is 0 Å². The van der Waals surface area contributed by atoms with Gasteiger partial charge in [0.05, 0.1) is 23.0 Å². The Balaban J connectivity index is 2.05. The van der Waals surface area contributed by atoms with Gasteiger partial charge in [-0.3, -0.25) is 0 Å². The van der Waals surface area contributed by atoms with Crippen LogP contribution in [0.5, 0.6) is 0 Å². The number of hydrogen-bond acceptors (Lipinski definition) is 5. The lowest BCUT2D eigenvalue weighted by Crippen LogP contribution is -2.46. The van der Waals surface area contributed by atoms with Gasteiger partial charge in [0.2, 0.25) is 10.0 Å². The molecule has 116 valence electrons. The molecular formula is C15H14NO5S-. The Hall–Kier alpha value is -1.96. The number of aliphatic carboxylic acids is 1. The van der Waals surface area contributed by atoms with Gasteiger partial charge in [0.15, 0.2) is 0 Å². The molecule has 22 heavy (non-hydrogen) atoms. The number of aliphatic hydroxyl groups excluding tert-OH is 1. The lowest BCUT2D eigenvalue weighted by molar-refractivity contribution is -0.309. The van der Waals surface area contributed by atoms with Crippen molar-refractivity contribution in [3.63, 3.8) is 0 Å². The van der Waals surface area contributed by atoms with Crippen molar-refractivity contribution >= 4 is 26.8 Å². The first-order valence-corrected chi connectivity index (χ1v) is 8.23. The highest BCUT2D eigenvalue weighted by Crippen LogP contribution is 2.28. The van der Waals surface area contributed by atoms with Crippen molar-refractivity contribution in [1.29, 1.82) is 0 Å². The quantitative estimate of drug-likeness (QED) is 0.838. The molecule has 2 aromatic carbocycles. The molecule has 2 aromatic rings. The van der Waals surface area contributed by atoms with Crippen LogP contribution in [0.1, 0.15) is 6.42 Å². The smallest absolute Gasteiger partial charge is 0.243 e. The van der Waals surface area contributed by atoms with E-state index in [0.29, 0.717) is 0 Å². The molecule has 1 aliphatic heterocycles. The zero-order valence-corrected chi connectivity index (χ0v) is 12.4. The fourth-order valence-electron chi connectivity index (χ4n) is 2.73. The molecule has 0 spiro atoms. The number of rotatable bonds is 3. The number of aliphatic hydroxyl groups is 1. The van der Waals surface area contributed by atoms with Crippen LogP contribution in [0.2, 0.25) is 0 Å². The number of carboxylic acid groups (broad SMARTS) is 1.